The molecule has 0 saturated carbocycles. The van der Waals surface area contributed by atoms with Gasteiger partial charge in [0.15, 0.2) is 18.5 Å². The molecule has 0 bridgehead atoms. The van der Waals surface area contributed by atoms with Crippen LogP contribution in [-0.4, -0.2) is 80.8 Å². The highest BCUT2D eigenvalue weighted by Crippen LogP contribution is 2.27. The summed E-state index contributed by atoms with van der Waals surface area (Å²) in [5, 5.41) is 4.87. The van der Waals surface area contributed by atoms with Gasteiger partial charge in [0.25, 0.3) is 0 Å². The second-order valence-corrected chi connectivity index (χ2v) is 7.74. The molecule has 1 heterocycles. The molecule has 5 unspecified atom stereocenters. The first-order valence-corrected chi connectivity index (χ1v) is 11.0. The van der Waals surface area contributed by atoms with Crippen LogP contribution in [0.3, 0.4) is 0 Å². The average Bonchev–Trinajstić information content (AvgIpc) is 2.82. The minimum absolute atomic E-state index is 0.0127. The molecule has 0 aliphatic carbocycles. The summed E-state index contributed by atoms with van der Waals surface area (Å²) in [5.41, 5.74) is 0.767. The van der Waals surface area contributed by atoms with Gasteiger partial charge in [-0.15, -0.1) is 0 Å². The molecule has 0 radical (unpaired) electrons. The summed E-state index contributed by atoms with van der Waals surface area (Å²) in [6.07, 6.45) is -5.58. The maximum absolute atomic E-state index is 12.6. The quantitative estimate of drug-likeness (QED) is 0.326. The van der Waals surface area contributed by atoms with Crippen LogP contribution in [0.5, 0.6) is 0 Å². The molecule has 5 atom stereocenters. The lowest BCUT2D eigenvalue weighted by molar-refractivity contribution is -0.271. The first-order valence-electron chi connectivity index (χ1n) is 11.0. The summed E-state index contributed by atoms with van der Waals surface area (Å²) in [7, 11) is 1.28. The van der Waals surface area contributed by atoms with Gasteiger partial charge in [-0.3, -0.25) is 19.2 Å². The second kappa shape index (κ2) is 14.0. The van der Waals surface area contributed by atoms with Crippen molar-refractivity contribution in [2.24, 2.45) is 0 Å². The van der Waals surface area contributed by atoms with Gasteiger partial charge < -0.3 is 39.1 Å². The Morgan fingerprint density at radius 1 is 0.889 bits per heavy atom. The predicted molar refractivity (Wildman–Crippen MR) is 120 cm³/mol. The molecule has 198 valence electrons. The van der Waals surface area contributed by atoms with Crippen LogP contribution in [0, 0.1) is 0 Å². The topological polar surface area (TPSA) is 165 Å². The molecule has 13 heteroatoms. The zero-order valence-electron chi connectivity index (χ0n) is 20.4. The standard InChI is InChI=1S/C23H30N2O11/c1-13(26)32-12-17-20(34-14(2)27)21(35-15(3)28)19(22(31-4)36-17)25-18(29)10-24-23(30)33-11-16-8-6-5-7-9-16/h5-9,17,19-22H,10-12H2,1-4H3,(H,24,30)(H,25,29). The van der Waals surface area contributed by atoms with E-state index >= 15 is 0 Å². The van der Waals surface area contributed by atoms with E-state index < -0.39 is 67.1 Å². The summed E-state index contributed by atoms with van der Waals surface area (Å²) in [5.74, 6) is -2.77. The van der Waals surface area contributed by atoms with Crippen molar-refractivity contribution in [3.63, 3.8) is 0 Å². The Bertz CT molecular complexity index is 924. The highest BCUT2D eigenvalue weighted by molar-refractivity contribution is 5.82. The van der Waals surface area contributed by atoms with Crippen molar-refractivity contribution in [1.29, 1.82) is 0 Å². The van der Waals surface area contributed by atoms with Crippen LogP contribution in [0.4, 0.5) is 4.79 Å². The molecule has 13 nitrogen and oxygen atoms in total. The van der Waals surface area contributed by atoms with Gasteiger partial charge in [0.2, 0.25) is 5.91 Å². The normalized spacial score (nSPS) is 23.1. The minimum atomic E-state index is -1.26. The number of methoxy groups -OCH3 is 1. The van der Waals surface area contributed by atoms with E-state index in [1.807, 2.05) is 6.07 Å². The predicted octanol–water partition coefficient (Wildman–Crippen LogP) is 0.195. The second-order valence-electron chi connectivity index (χ2n) is 7.74. The monoisotopic (exact) mass is 510 g/mol. The van der Waals surface area contributed by atoms with Crippen molar-refractivity contribution >= 4 is 29.9 Å². The molecule has 1 aliphatic rings. The SMILES string of the molecule is COC1OC(COC(C)=O)C(OC(C)=O)C(OC(C)=O)C1NC(=O)CNC(=O)OCc1ccccc1. The molecule has 1 aromatic carbocycles. The molecule has 1 aliphatic heterocycles. The first-order chi connectivity index (χ1) is 17.1. The fourth-order valence-corrected chi connectivity index (χ4v) is 3.42. The Hall–Kier alpha value is -3.71. The van der Waals surface area contributed by atoms with Gasteiger partial charge in [0.05, 0.1) is 0 Å². The van der Waals surface area contributed by atoms with Gasteiger partial charge in [-0.1, -0.05) is 30.3 Å². The highest BCUT2D eigenvalue weighted by Gasteiger charge is 2.51. The van der Waals surface area contributed by atoms with Gasteiger partial charge in [0.1, 0.15) is 31.9 Å². The molecular weight excluding hydrogens is 480 g/mol. The number of rotatable bonds is 10. The fraction of sp³-hybridized carbons (Fsp3) is 0.522. The zero-order chi connectivity index (χ0) is 26.7. The van der Waals surface area contributed by atoms with Crippen molar-refractivity contribution in [2.75, 3.05) is 20.3 Å². The van der Waals surface area contributed by atoms with E-state index in [0.717, 1.165) is 19.4 Å². The third-order valence-electron chi connectivity index (χ3n) is 4.87. The number of carbonyl (C=O) groups excluding carboxylic acids is 5. The Kier molecular flexibility index (Phi) is 11.1. The number of hydrogen-bond donors (Lipinski definition) is 2. The van der Waals surface area contributed by atoms with E-state index in [1.165, 1.54) is 14.0 Å². The number of benzene rings is 1. The maximum Gasteiger partial charge on any atom is 0.407 e. The molecular formula is C23H30N2O11. The fourth-order valence-electron chi connectivity index (χ4n) is 3.42. The highest BCUT2D eigenvalue weighted by atomic mass is 16.7. The number of alkyl carbamates (subject to hydrolysis) is 1. The summed E-state index contributed by atoms with van der Waals surface area (Å²) in [6, 6.07) is 7.81. The molecule has 2 rings (SSSR count). The number of hydrogen-bond acceptors (Lipinski definition) is 11. The summed E-state index contributed by atoms with van der Waals surface area (Å²) < 4.78 is 31.7. The number of ether oxygens (including phenoxy) is 6. The van der Waals surface area contributed by atoms with E-state index in [1.54, 1.807) is 24.3 Å². The Balaban J connectivity index is 2.08. The summed E-state index contributed by atoms with van der Waals surface area (Å²) in [6.45, 7) is 2.64. The lowest BCUT2D eigenvalue weighted by Crippen LogP contribution is -2.67. The average molecular weight is 510 g/mol. The van der Waals surface area contributed by atoms with E-state index in [4.69, 9.17) is 28.4 Å². The Morgan fingerprint density at radius 3 is 2.11 bits per heavy atom. The third-order valence-corrected chi connectivity index (χ3v) is 4.87. The molecule has 1 fully saturated rings. The van der Waals surface area contributed by atoms with Crippen molar-refractivity contribution in [3.8, 4) is 0 Å². The molecule has 2 amide bonds. The number of amides is 2. The van der Waals surface area contributed by atoms with Crippen LogP contribution in [0.1, 0.15) is 26.3 Å². The van der Waals surface area contributed by atoms with Gasteiger partial charge in [-0.25, -0.2) is 4.79 Å². The molecule has 1 aromatic rings. The van der Waals surface area contributed by atoms with Gasteiger partial charge in [-0.2, -0.15) is 0 Å². The first kappa shape index (κ1) is 28.5. The largest absolute Gasteiger partial charge is 0.463 e. The van der Waals surface area contributed by atoms with Crippen LogP contribution in [0.25, 0.3) is 0 Å². The van der Waals surface area contributed by atoms with Crippen LogP contribution in [-0.2, 0) is 54.2 Å². The zero-order valence-corrected chi connectivity index (χ0v) is 20.4. The van der Waals surface area contributed by atoms with E-state index in [9.17, 15) is 24.0 Å². The Morgan fingerprint density at radius 2 is 1.53 bits per heavy atom. The van der Waals surface area contributed by atoms with Gasteiger partial charge in [-0.05, 0) is 5.56 Å². The van der Waals surface area contributed by atoms with E-state index in [2.05, 4.69) is 10.6 Å². The third kappa shape index (κ3) is 9.15. The van der Waals surface area contributed by atoms with Crippen molar-refractivity contribution in [2.45, 2.75) is 58.0 Å². The molecule has 0 spiro atoms. The van der Waals surface area contributed by atoms with Crippen molar-refractivity contribution < 1.29 is 52.4 Å². The molecule has 36 heavy (non-hydrogen) atoms. The van der Waals surface area contributed by atoms with Crippen LogP contribution < -0.4 is 10.6 Å². The smallest absolute Gasteiger partial charge is 0.407 e. The number of esters is 3. The van der Waals surface area contributed by atoms with Crippen LogP contribution >= 0.6 is 0 Å². The molecule has 0 aromatic heterocycles. The maximum atomic E-state index is 12.6. The van der Waals surface area contributed by atoms with Crippen molar-refractivity contribution in [3.05, 3.63) is 35.9 Å². The van der Waals surface area contributed by atoms with Gasteiger partial charge >= 0.3 is 24.0 Å². The minimum Gasteiger partial charge on any atom is -0.463 e. The summed E-state index contributed by atoms with van der Waals surface area (Å²) >= 11 is 0. The number of carbonyl (C=O) groups is 5. The van der Waals surface area contributed by atoms with Crippen LogP contribution in [0.15, 0.2) is 30.3 Å². The van der Waals surface area contributed by atoms with E-state index in [0.29, 0.717) is 0 Å². The van der Waals surface area contributed by atoms with Crippen LogP contribution in [0.2, 0.25) is 0 Å². The lowest BCUT2D eigenvalue weighted by Gasteiger charge is -2.44. The summed E-state index contributed by atoms with van der Waals surface area (Å²) in [4.78, 5) is 59.4. The number of nitrogens with one attached hydrogen (secondary N) is 2. The van der Waals surface area contributed by atoms with Gasteiger partial charge in [0, 0.05) is 27.9 Å². The molecule has 2 N–H and O–H groups in total. The van der Waals surface area contributed by atoms with E-state index in [-0.39, 0.29) is 13.2 Å². The lowest BCUT2D eigenvalue weighted by atomic mass is 9.96. The van der Waals surface area contributed by atoms with Crippen molar-refractivity contribution in [1.82, 2.24) is 10.6 Å². The Labute approximate surface area is 207 Å². The molecule has 1 saturated heterocycles.